The van der Waals surface area contributed by atoms with E-state index in [1.807, 2.05) is 6.07 Å². The molecule has 0 amide bonds. The predicted molar refractivity (Wildman–Crippen MR) is 61.6 cm³/mol. The highest BCUT2D eigenvalue weighted by Crippen LogP contribution is 2.26. The highest BCUT2D eigenvalue weighted by Gasteiger charge is 2.21. The summed E-state index contributed by atoms with van der Waals surface area (Å²) in [5.74, 6) is 1.27. The highest BCUT2D eigenvalue weighted by atomic mass is 19.1. The van der Waals surface area contributed by atoms with Crippen LogP contribution in [0.2, 0.25) is 0 Å². The predicted octanol–water partition coefficient (Wildman–Crippen LogP) is 3.31. The zero-order valence-electron chi connectivity index (χ0n) is 9.41. The van der Waals surface area contributed by atoms with E-state index in [1.165, 1.54) is 12.5 Å². The second kappa shape index (κ2) is 4.21. The first kappa shape index (κ1) is 10.5. The zero-order chi connectivity index (χ0) is 10.8. The van der Waals surface area contributed by atoms with Crippen molar-refractivity contribution in [3.05, 3.63) is 30.1 Å². The van der Waals surface area contributed by atoms with Gasteiger partial charge in [-0.3, -0.25) is 0 Å². The first-order valence-corrected chi connectivity index (χ1v) is 5.65. The number of halogens is 1. The summed E-state index contributed by atoms with van der Waals surface area (Å²) in [5.41, 5.74) is 1.02. The van der Waals surface area contributed by atoms with Crippen LogP contribution in [0.4, 0.5) is 10.1 Å². The molecule has 1 aromatic rings. The minimum atomic E-state index is -0.140. The molecule has 1 aliphatic rings. The van der Waals surface area contributed by atoms with Gasteiger partial charge in [-0.05, 0) is 36.5 Å². The normalized spacial score (nSPS) is 26.7. The fourth-order valence-electron chi connectivity index (χ4n) is 2.55. The molecule has 2 rings (SSSR count). The van der Waals surface area contributed by atoms with Crippen LogP contribution in [-0.4, -0.2) is 13.1 Å². The van der Waals surface area contributed by atoms with Gasteiger partial charge in [-0.15, -0.1) is 0 Å². The minimum Gasteiger partial charge on any atom is -0.371 e. The van der Waals surface area contributed by atoms with Crippen LogP contribution in [0.3, 0.4) is 0 Å². The van der Waals surface area contributed by atoms with Crippen molar-refractivity contribution in [2.24, 2.45) is 11.8 Å². The van der Waals surface area contributed by atoms with E-state index in [0.717, 1.165) is 18.8 Å². The van der Waals surface area contributed by atoms with Gasteiger partial charge in [-0.1, -0.05) is 19.9 Å². The summed E-state index contributed by atoms with van der Waals surface area (Å²) < 4.78 is 13.1. The number of nitrogens with zero attached hydrogens (tertiary/aromatic N) is 1. The molecular formula is C13H18FN. The molecule has 2 unspecified atom stereocenters. The molecule has 0 spiro atoms. The third kappa shape index (κ3) is 2.49. The molecule has 15 heavy (non-hydrogen) atoms. The third-order valence-corrected chi connectivity index (χ3v) is 3.04. The lowest BCUT2D eigenvalue weighted by Crippen LogP contribution is -2.38. The van der Waals surface area contributed by atoms with Crippen molar-refractivity contribution in [2.45, 2.75) is 20.3 Å². The summed E-state index contributed by atoms with van der Waals surface area (Å²) in [6.45, 7) is 6.63. The fourth-order valence-corrected chi connectivity index (χ4v) is 2.55. The smallest absolute Gasteiger partial charge is 0.125 e. The molecule has 0 aromatic heterocycles. The fraction of sp³-hybridized carbons (Fsp3) is 0.538. The maximum atomic E-state index is 13.1. The Bertz CT molecular complexity index is 327. The lowest BCUT2D eigenvalue weighted by molar-refractivity contribution is 0.356. The van der Waals surface area contributed by atoms with E-state index < -0.39 is 0 Å². The number of hydrogen-bond acceptors (Lipinski definition) is 1. The Morgan fingerprint density at radius 2 is 1.87 bits per heavy atom. The summed E-state index contributed by atoms with van der Waals surface area (Å²) in [6.07, 6.45) is 1.28. The van der Waals surface area contributed by atoms with Gasteiger partial charge in [0.2, 0.25) is 0 Å². The Kier molecular flexibility index (Phi) is 2.94. The first-order chi connectivity index (χ1) is 7.15. The molecule has 1 aliphatic heterocycles. The monoisotopic (exact) mass is 207 g/mol. The topological polar surface area (TPSA) is 3.24 Å². The van der Waals surface area contributed by atoms with Gasteiger partial charge in [0.25, 0.3) is 0 Å². The molecule has 1 heterocycles. The van der Waals surface area contributed by atoms with Gasteiger partial charge in [-0.2, -0.15) is 0 Å². The van der Waals surface area contributed by atoms with Gasteiger partial charge in [0, 0.05) is 18.8 Å². The molecule has 82 valence electrons. The summed E-state index contributed by atoms with van der Waals surface area (Å²) >= 11 is 0. The van der Waals surface area contributed by atoms with Crippen LogP contribution in [0.25, 0.3) is 0 Å². The summed E-state index contributed by atoms with van der Waals surface area (Å²) in [7, 11) is 0. The number of benzene rings is 1. The van der Waals surface area contributed by atoms with Crippen LogP contribution in [0, 0.1) is 17.7 Å². The van der Waals surface area contributed by atoms with Gasteiger partial charge < -0.3 is 4.90 Å². The molecule has 1 aromatic carbocycles. The van der Waals surface area contributed by atoms with Crippen LogP contribution in [0.5, 0.6) is 0 Å². The second-order valence-corrected chi connectivity index (χ2v) is 4.83. The molecule has 2 atom stereocenters. The molecule has 0 saturated carbocycles. The largest absolute Gasteiger partial charge is 0.371 e. The van der Waals surface area contributed by atoms with Crippen molar-refractivity contribution < 1.29 is 4.39 Å². The van der Waals surface area contributed by atoms with Gasteiger partial charge in [0.1, 0.15) is 5.82 Å². The van der Waals surface area contributed by atoms with Crippen molar-refractivity contribution in [1.29, 1.82) is 0 Å². The van der Waals surface area contributed by atoms with E-state index in [-0.39, 0.29) is 5.82 Å². The van der Waals surface area contributed by atoms with Gasteiger partial charge in [0.15, 0.2) is 0 Å². The van der Waals surface area contributed by atoms with Crippen molar-refractivity contribution in [3.8, 4) is 0 Å². The van der Waals surface area contributed by atoms with E-state index >= 15 is 0 Å². The molecule has 0 N–H and O–H groups in total. The van der Waals surface area contributed by atoms with Gasteiger partial charge in [0.05, 0.1) is 0 Å². The Hall–Kier alpha value is -1.05. The van der Waals surface area contributed by atoms with Crippen molar-refractivity contribution in [1.82, 2.24) is 0 Å². The van der Waals surface area contributed by atoms with E-state index in [4.69, 9.17) is 0 Å². The molecule has 0 aliphatic carbocycles. The van der Waals surface area contributed by atoms with E-state index in [9.17, 15) is 4.39 Å². The molecule has 2 heteroatoms. The van der Waals surface area contributed by atoms with Crippen molar-refractivity contribution in [3.63, 3.8) is 0 Å². The third-order valence-electron chi connectivity index (χ3n) is 3.04. The zero-order valence-corrected chi connectivity index (χ0v) is 9.41. The lowest BCUT2D eigenvalue weighted by Gasteiger charge is -2.36. The van der Waals surface area contributed by atoms with E-state index in [2.05, 4.69) is 18.7 Å². The highest BCUT2D eigenvalue weighted by molar-refractivity contribution is 5.46. The second-order valence-electron chi connectivity index (χ2n) is 4.83. The van der Waals surface area contributed by atoms with Crippen molar-refractivity contribution in [2.75, 3.05) is 18.0 Å². The number of hydrogen-bond donors (Lipinski definition) is 0. The quantitative estimate of drug-likeness (QED) is 0.683. The SMILES string of the molecule is CC1CC(C)CN(c2cccc(F)c2)C1. The van der Waals surface area contributed by atoms with Crippen LogP contribution in [-0.2, 0) is 0 Å². The van der Waals surface area contributed by atoms with E-state index in [0.29, 0.717) is 11.8 Å². The van der Waals surface area contributed by atoms with Crippen LogP contribution in [0.1, 0.15) is 20.3 Å². The minimum absolute atomic E-state index is 0.140. The number of anilines is 1. The average Bonchev–Trinajstić information content (AvgIpc) is 2.16. The average molecular weight is 207 g/mol. The number of rotatable bonds is 1. The van der Waals surface area contributed by atoms with Crippen molar-refractivity contribution >= 4 is 5.69 Å². The molecule has 0 bridgehead atoms. The summed E-state index contributed by atoms with van der Waals surface area (Å²) in [6, 6.07) is 6.91. The van der Waals surface area contributed by atoms with Crippen LogP contribution >= 0.6 is 0 Å². The van der Waals surface area contributed by atoms with E-state index in [1.54, 1.807) is 12.1 Å². The first-order valence-electron chi connectivity index (χ1n) is 5.65. The van der Waals surface area contributed by atoms with Crippen LogP contribution in [0.15, 0.2) is 24.3 Å². The molecule has 0 radical (unpaired) electrons. The maximum absolute atomic E-state index is 13.1. The van der Waals surface area contributed by atoms with Crippen LogP contribution < -0.4 is 4.90 Å². The Balaban J connectivity index is 2.16. The standard InChI is InChI=1S/C13H18FN/c1-10-6-11(2)9-15(8-10)13-5-3-4-12(14)7-13/h3-5,7,10-11H,6,8-9H2,1-2H3. The lowest BCUT2D eigenvalue weighted by atomic mass is 9.91. The molecule has 1 fully saturated rings. The molecular weight excluding hydrogens is 189 g/mol. The number of piperidine rings is 1. The Morgan fingerprint density at radius 3 is 2.47 bits per heavy atom. The Morgan fingerprint density at radius 1 is 1.20 bits per heavy atom. The Labute approximate surface area is 90.9 Å². The summed E-state index contributed by atoms with van der Waals surface area (Å²) in [4.78, 5) is 2.29. The van der Waals surface area contributed by atoms with Gasteiger partial charge >= 0.3 is 0 Å². The van der Waals surface area contributed by atoms with Gasteiger partial charge in [-0.25, -0.2) is 4.39 Å². The summed E-state index contributed by atoms with van der Waals surface area (Å²) in [5, 5.41) is 0. The molecule has 1 nitrogen and oxygen atoms in total. The maximum Gasteiger partial charge on any atom is 0.125 e. The molecule has 1 saturated heterocycles.